The fourth-order valence-electron chi connectivity index (χ4n) is 3.46. The largest absolute Gasteiger partial charge is 0.349 e. The number of nitrogens with zero attached hydrogens (tertiary/aromatic N) is 1. The molecule has 132 valence electrons. The van der Waals surface area contributed by atoms with E-state index in [2.05, 4.69) is 41.4 Å². The number of rotatable bonds is 6. The fourth-order valence-corrected chi connectivity index (χ4v) is 3.46. The molecule has 0 aromatic heterocycles. The van der Waals surface area contributed by atoms with E-state index in [1.807, 2.05) is 30.3 Å². The highest BCUT2D eigenvalue weighted by atomic mass is 16.1. The minimum absolute atomic E-state index is 0.00224. The Hall–Kier alpha value is -2.17. The lowest BCUT2D eigenvalue weighted by atomic mass is 10.00. The molecule has 0 saturated carbocycles. The van der Waals surface area contributed by atoms with E-state index in [0.29, 0.717) is 18.0 Å². The maximum Gasteiger partial charge on any atom is 0.251 e. The first-order valence-electron chi connectivity index (χ1n) is 9.02. The average molecular weight is 337 g/mol. The monoisotopic (exact) mass is 337 g/mol. The van der Waals surface area contributed by atoms with Gasteiger partial charge in [0.05, 0.1) is 0 Å². The molecule has 1 fully saturated rings. The maximum absolute atomic E-state index is 12.4. The summed E-state index contributed by atoms with van der Waals surface area (Å²) < 4.78 is 0. The van der Waals surface area contributed by atoms with Crippen LogP contribution in [0.15, 0.2) is 54.6 Å². The molecule has 4 heteroatoms. The lowest BCUT2D eigenvalue weighted by molar-refractivity contribution is 0.0927. The molecule has 0 spiro atoms. The van der Waals surface area contributed by atoms with Crippen LogP contribution in [0.4, 0.5) is 0 Å². The molecular formula is C21H27N3O. The van der Waals surface area contributed by atoms with E-state index in [1.165, 1.54) is 5.56 Å². The Morgan fingerprint density at radius 2 is 1.88 bits per heavy atom. The standard InChI is InChI=1S/C21H27N3O/c1-16(23-21(25)19-9-7-17(13-22)8-10-19)20-11-12-24(15-20)14-18-5-3-2-4-6-18/h2-10,16,20H,11-15,22H2,1H3,(H,23,25). The minimum atomic E-state index is -0.00224. The molecule has 2 atom stereocenters. The number of hydrogen-bond acceptors (Lipinski definition) is 3. The summed E-state index contributed by atoms with van der Waals surface area (Å²) in [5.74, 6) is 0.494. The van der Waals surface area contributed by atoms with Gasteiger partial charge in [-0.1, -0.05) is 42.5 Å². The summed E-state index contributed by atoms with van der Waals surface area (Å²) in [5.41, 5.74) is 8.69. The number of carbonyl (C=O) groups is 1. The second-order valence-corrected chi connectivity index (χ2v) is 6.93. The van der Waals surface area contributed by atoms with Crippen LogP contribution in [-0.4, -0.2) is 29.9 Å². The Balaban J connectivity index is 1.51. The molecule has 1 aliphatic heterocycles. The van der Waals surface area contributed by atoms with E-state index >= 15 is 0 Å². The van der Waals surface area contributed by atoms with E-state index in [9.17, 15) is 4.79 Å². The van der Waals surface area contributed by atoms with Gasteiger partial charge in [0.25, 0.3) is 5.91 Å². The van der Waals surface area contributed by atoms with Crippen molar-refractivity contribution in [2.45, 2.75) is 32.5 Å². The van der Waals surface area contributed by atoms with E-state index in [0.717, 1.165) is 31.6 Å². The Morgan fingerprint density at radius 1 is 1.16 bits per heavy atom. The number of nitrogens with two attached hydrogens (primary N) is 1. The molecule has 1 heterocycles. The van der Waals surface area contributed by atoms with Crippen molar-refractivity contribution in [1.29, 1.82) is 0 Å². The summed E-state index contributed by atoms with van der Waals surface area (Å²) in [6, 6.07) is 18.3. The van der Waals surface area contributed by atoms with Gasteiger partial charge in [-0.05, 0) is 49.1 Å². The van der Waals surface area contributed by atoms with Crippen molar-refractivity contribution in [3.05, 3.63) is 71.3 Å². The first-order chi connectivity index (χ1) is 12.2. The quantitative estimate of drug-likeness (QED) is 0.852. The Bertz CT molecular complexity index is 684. The lowest BCUT2D eigenvalue weighted by Gasteiger charge is -2.22. The molecule has 3 N–H and O–H groups in total. The molecular weight excluding hydrogens is 310 g/mol. The minimum Gasteiger partial charge on any atom is -0.349 e. The summed E-state index contributed by atoms with van der Waals surface area (Å²) in [6.45, 7) is 5.71. The predicted octanol–water partition coefficient (Wildman–Crippen LogP) is 2.79. The smallest absolute Gasteiger partial charge is 0.251 e. The first kappa shape index (κ1) is 17.6. The Morgan fingerprint density at radius 3 is 2.56 bits per heavy atom. The SMILES string of the molecule is CC(NC(=O)c1ccc(CN)cc1)C1CCN(Cc2ccccc2)C1. The maximum atomic E-state index is 12.4. The third kappa shape index (κ3) is 4.68. The molecule has 0 aliphatic carbocycles. The summed E-state index contributed by atoms with van der Waals surface area (Å²) >= 11 is 0. The van der Waals surface area contributed by atoms with Crippen LogP contribution in [0.1, 0.15) is 34.8 Å². The van der Waals surface area contributed by atoms with Crippen molar-refractivity contribution in [2.75, 3.05) is 13.1 Å². The zero-order chi connectivity index (χ0) is 17.6. The number of hydrogen-bond donors (Lipinski definition) is 2. The molecule has 2 unspecified atom stereocenters. The van der Waals surface area contributed by atoms with Gasteiger partial charge in [0.15, 0.2) is 0 Å². The Kier molecular flexibility index (Phi) is 5.84. The molecule has 2 aromatic carbocycles. The van der Waals surface area contributed by atoms with Crippen LogP contribution in [0.5, 0.6) is 0 Å². The zero-order valence-electron chi connectivity index (χ0n) is 14.8. The van der Waals surface area contributed by atoms with Gasteiger partial charge in [-0.2, -0.15) is 0 Å². The molecule has 0 radical (unpaired) electrons. The van der Waals surface area contributed by atoms with Gasteiger partial charge in [0.2, 0.25) is 0 Å². The molecule has 4 nitrogen and oxygen atoms in total. The topological polar surface area (TPSA) is 58.4 Å². The molecule has 3 rings (SSSR count). The molecule has 25 heavy (non-hydrogen) atoms. The van der Waals surface area contributed by atoms with Crippen molar-refractivity contribution in [3.8, 4) is 0 Å². The average Bonchev–Trinajstić information content (AvgIpc) is 3.11. The third-order valence-electron chi connectivity index (χ3n) is 5.08. The van der Waals surface area contributed by atoms with Crippen molar-refractivity contribution in [1.82, 2.24) is 10.2 Å². The summed E-state index contributed by atoms with van der Waals surface area (Å²) in [5, 5.41) is 3.16. The highest BCUT2D eigenvalue weighted by Gasteiger charge is 2.28. The van der Waals surface area contributed by atoms with E-state index < -0.39 is 0 Å². The number of benzene rings is 2. The van der Waals surface area contributed by atoms with Gasteiger partial charge in [-0.25, -0.2) is 0 Å². The second kappa shape index (κ2) is 8.28. The number of likely N-dealkylation sites (tertiary alicyclic amines) is 1. The van der Waals surface area contributed by atoms with Crippen molar-refractivity contribution in [3.63, 3.8) is 0 Å². The van der Waals surface area contributed by atoms with Gasteiger partial charge >= 0.3 is 0 Å². The Labute approximate surface area is 150 Å². The molecule has 2 aromatic rings. The van der Waals surface area contributed by atoms with E-state index in [-0.39, 0.29) is 11.9 Å². The highest BCUT2D eigenvalue weighted by molar-refractivity contribution is 5.94. The van der Waals surface area contributed by atoms with Crippen LogP contribution < -0.4 is 11.1 Å². The van der Waals surface area contributed by atoms with Crippen LogP contribution in [0.25, 0.3) is 0 Å². The number of carbonyl (C=O) groups excluding carboxylic acids is 1. The lowest BCUT2D eigenvalue weighted by Crippen LogP contribution is -2.39. The van der Waals surface area contributed by atoms with E-state index in [1.54, 1.807) is 0 Å². The number of nitrogens with one attached hydrogen (secondary N) is 1. The third-order valence-corrected chi connectivity index (χ3v) is 5.08. The molecule has 0 bridgehead atoms. The summed E-state index contributed by atoms with van der Waals surface area (Å²) in [7, 11) is 0. The van der Waals surface area contributed by atoms with Gasteiger partial charge < -0.3 is 11.1 Å². The van der Waals surface area contributed by atoms with Gasteiger partial charge in [-0.15, -0.1) is 0 Å². The predicted molar refractivity (Wildman–Crippen MR) is 101 cm³/mol. The number of amides is 1. The van der Waals surface area contributed by atoms with Crippen LogP contribution in [0.2, 0.25) is 0 Å². The fraction of sp³-hybridized carbons (Fsp3) is 0.381. The van der Waals surface area contributed by atoms with Crippen molar-refractivity contribution in [2.24, 2.45) is 11.7 Å². The summed E-state index contributed by atoms with van der Waals surface area (Å²) in [6.07, 6.45) is 1.13. The van der Waals surface area contributed by atoms with Gasteiger partial charge in [0.1, 0.15) is 0 Å². The zero-order valence-corrected chi connectivity index (χ0v) is 14.8. The van der Waals surface area contributed by atoms with Gasteiger partial charge in [0, 0.05) is 31.2 Å². The molecule has 1 amide bonds. The van der Waals surface area contributed by atoms with Crippen LogP contribution in [0, 0.1) is 5.92 Å². The summed E-state index contributed by atoms with van der Waals surface area (Å²) in [4.78, 5) is 14.9. The van der Waals surface area contributed by atoms with Gasteiger partial charge in [-0.3, -0.25) is 9.69 Å². The van der Waals surface area contributed by atoms with Crippen molar-refractivity contribution < 1.29 is 4.79 Å². The second-order valence-electron chi connectivity index (χ2n) is 6.93. The van der Waals surface area contributed by atoms with Crippen molar-refractivity contribution >= 4 is 5.91 Å². The molecule has 1 aliphatic rings. The normalized spacial score (nSPS) is 18.9. The van der Waals surface area contributed by atoms with E-state index in [4.69, 9.17) is 5.73 Å². The van der Waals surface area contributed by atoms with Crippen LogP contribution >= 0.6 is 0 Å². The molecule has 1 saturated heterocycles. The highest BCUT2D eigenvalue weighted by Crippen LogP contribution is 2.22. The first-order valence-corrected chi connectivity index (χ1v) is 9.02. The van der Waals surface area contributed by atoms with Crippen LogP contribution in [0.3, 0.4) is 0 Å². The van der Waals surface area contributed by atoms with Crippen LogP contribution in [-0.2, 0) is 13.1 Å².